The van der Waals surface area contributed by atoms with E-state index in [1.807, 2.05) is 0 Å². The smallest absolute Gasteiger partial charge is 0.417 e. The molecule has 1 N–H and O–H groups in total. The number of amides is 1. The molecule has 0 aliphatic heterocycles. The van der Waals surface area contributed by atoms with Gasteiger partial charge in [-0.05, 0) is 18.2 Å². The van der Waals surface area contributed by atoms with Crippen LogP contribution >= 0.6 is 11.6 Å². The quantitative estimate of drug-likeness (QED) is 0.844. The van der Waals surface area contributed by atoms with Crippen LogP contribution in [-0.2, 0) is 6.18 Å². The van der Waals surface area contributed by atoms with E-state index in [4.69, 9.17) is 16.3 Å². The fraction of sp³-hybridized carbons (Fsp3) is 0.200. The maximum atomic E-state index is 12.4. The van der Waals surface area contributed by atoms with Gasteiger partial charge in [0.25, 0.3) is 5.91 Å². The molecule has 1 aromatic heterocycles. The zero-order valence-electron chi connectivity index (χ0n) is 11.7. The predicted octanol–water partition coefficient (Wildman–Crippen LogP) is 3.56. The van der Waals surface area contributed by atoms with Crippen molar-refractivity contribution in [1.29, 1.82) is 0 Å². The number of hydrogen-bond acceptors (Lipinski definition) is 3. The maximum Gasteiger partial charge on any atom is 0.417 e. The van der Waals surface area contributed by atoms with E-state index in [1.165, 1.54) is 0 Å². The van der Waals surface area contributed by atoms with Crippen LogP contribution in [0.25, 0.3) is 0 Å². The molecule has 1 amide bonds. The van der Waals surface area contributed by atoms with Crippen molar-refractivity contribution in [3.8, 4) is 5.88 Å². The number of nitrogens with one attached hydrogen (secondary N) is 1. The highest BCUT2D eigenvalue weighted by molar-refractivity contribution is 6.33. The lowest BCUT2D eigenvalue weighted by Gasteiger charge is -2.09. The molecular weight excluding hydrogens is 333 g/mol. The highest BCUT2D eigenvalue weighted by Crippen LogP contribution is 2.29. The minimum atomic E-state index is -4.44. The van der Waals surface area contributed by atoms with Crippen LogP contribution in [0, 0.1) is 0 Å². The lowest BCUT2D eigenvalue weighted by atomic mass is 10.2. The summed E-state index contributed by atoms with van der Waals surface area (Å²) in [6.07, 6.45) is -3.74. The topological polar surface area (TPSA) is 51.2 Å². The monoisotopic (exact) mass is 344 g/mol. The number of carbonyl (C=O) groups excluding carboxylic acids is 1. The number of hydrogen-bond donors (Lipinski definition) is 1. The van der Waals surface area contributed by atoms with Crippen LogP contribution in [0.5, 0.6) is 5.88 Å². The van der Waals surface area contributed by atoms with Crippen molar-refractivity contribution in [3.05, 3.63) is 58.7 Å². The summed E-state index contributed by atoms with van der Waals surface area (Å²) < 4.78 is 42.3. The first-order valence-corrected chi connectivity index (χ1v) is 6.94. The van der Waals surface area contributed by atoms with Crippen LogP contribution < -0.4 is 10.1 Å². The average Bonchev–Trinajstić information content (AvgIpc) is 2.51. The minimum Gasteiger partial charge on any atom is -0.476 e. The molecule has 0 unspecified atom stereocenters. The lowest BCUT2D eigenvalue weighted by Crippen LogP contribution is -2.28. The van der Waals surface area contributed by atoms with E-state index in [9.17, 15) is 18.0 Å². The Balaban J connectivity index is 1.79. The average molecular weight is 345 g/mol. The van der Waals surface area contributed by atoms with E-state index >= 15 is 0 Å². The second kappa shape index (κ2) is 7.32. The van der Waals surface area contributed by atoms with E-state index in [0.29, 0.717) is 16.8 Å². The standard InChI is InChI=1S/C15H12ClF3N2O2/c16-12-4-2-1-3-11(12)14(22)20-7-8-23-13-6-5-10(9-21-13)15(17,18)19/h1-6,9H,7-8H2,(H,20,22). The second-order valence-corrected chi connectivity index (χ2v) is 4.87. The molecule has 0 aliphatic carbocycles. The third-order valence-electron chi connectivity index (χ3n) is 2.82. The van der Waals surface area contributed by atoms with Crippen molar-refractivity contribution in [3.63, 3.8) is 0 Å². The minimum absolute atomic E-state index is 0.0463. The first-order valence-electron chi connectivity index (χ1n) is 6.56. The zero-order valence-corrected chi connectivity index (χ0v) is 12.5. The van der Waals surface area contributed by atoms with Crippen LogP contribution in [-0.4, -0.2) is 24.0 Å². The molecule has 2 rings (SSSR count). The van der Waals surface area contributed by atoms with Crippen molar-refractivity contribution >= 4 is 17.5 Å². The maximum absolute atomic E-state index is 12.4. The van der Waals surface area contributed by atoms with Gasteiger partial charge in [-0.2, -0.15) is 13.2 Å². The lowest BCUT2D eigenvalue weighted by molar-refractivity contribution is -0.137. The van der Waals surface area contributed by atoms with Gasteiger partial charge in [-0.1, -0.05) is 23.7 Å². The highest BCUT2D eigenvalue weighted by Gasteiger charge is 2.30. The van der Waals surface area contributed by atoms with E-state index in [-0.39, 0.29) is 24.9 Å². The Labute approximate surface area is 135 Å². The number of ether oxygens (including phenoxy) is 1. The van der Waals surface area contributed by atoms with E-state index in [2.05, 4.69) is 10.3 Å². The van der Waals surface area contributed by atoms with Gasteiger partial charge in [-0.15, -0.1) is 0 Å². The van der Waals surface area contributed by atoms with Crippen molar-refractivity contribution in [2.24, 2.45) is 0 Å². The first kappa shape index (κ1) is 17.1. The molecule has 0 spiro atoms. The number of halogens is 4. The van der Waals surface area contributed by atoms with Gasteiger partial charge in [0.15, 0.2) is 0 Å². The Hall–Kier alpha value is -2.28. The summed E-state index contributed by atoms with van der Waals surface area (Å²) in [4.78, 5) is 15.4. The van der Waals surface area contributed by atoms with Crippen molar-refractivity contribution in [1.82, 2.24) is 10.3 Å². The van der Waals surface area contributed by atoms with Gasteiger partial charge in [-0.3, -0.25) is 4.79 Å². The summed E-state index contributed by atoms with van der Waals surface area (Å²) in [6.45, 7) is 0.224. The molecule has 0 radical (unpaired) electrons. The normalized spacial score (nSPS) is 11.1. The molecule has 1 heterocycles. The molecule has 122 valence electrons. The fourth-order valence-electron chi connectivity index (χ4n) is 1.69. The SMILES string of the molecule is O=C(NCCOc1ccc(C(F)(F)F)cn1)c1ccccc1Cl. The number of rotatable bonds is 5. The third-order valence-corrected chi connectivity index (χ3v) is 3.15. The van der Waals surface area contributed by atoms with E-state index in [1.54, 1.807) is 24.3 Å². The van der Waals surface area contributed by atoms with Gasteiger partial charge in [0.2, 0.25) is 5.88 Å². The Morgan fingerprint density at radius 1 is 1.22 bits per heavy atom. The first-order chi connectivity index (χ1) is 10.9. The number of benzene rings is 1. The number of pyridine rings is 1. The van der Waals surface area contributed by atoms with Gasteiger partial charge in [0.05, 0.1) is 22.7 Å². The largest absolute Gasteiger partial charge is 0.476 e. The molecule has 0 fully saturated rings. The number of alkyl halides is 3. The Kier molecular flexibility index (Phi) is 5.44. The number of aromatic nitrogens is 1. The summed E-state index contributed by atoms with van der Waals surface area (Å²) in [5, 5.41) is 2.92. The molecule has 23 heavy (non-hydrogen) atoms. The van der Waals surface area contributed by atoms with Gasteiger partial charge in [-0.25, -0.2) is 4.98 Å². The summed E-state index contributed by atoms with van der Waals surface area (Å²) >= 11 is 5.89. The summed E-state index contributed by atoms with van der Waals surface area (Å²) in [5.74, 6) is -0.315. The zero-order chi connectivity index (χ0) is 16.9. The fourth-order valence-corrected chi connectivity index (χ4v) is 1.92. The summed E-state index contributed by atoms with van der Waals surface area (Å²) in [6, 6.07) is 8.57. The molecule has 0 bridgehead atoms. The van der Waals surface area contributed by atoms with Crippen LogP contribution in [0.3, 0.4) is 0 Å². The molecule has 0 saturated heterocycles. The summed E-state index contributed by atoms with van der Waals surface area (Å²) in [7, 11) is 0. The Morgan fingerprint density at radius 3 is 2.57 bits per heavy atom. The van der Waals surface area contributed by atoms with E-state index in [0.717, 1.165) is 12.1 Å². The van der Waals surface area contributed by atoms with Crippen molar-refractivity contribution in [2.45, 2.75) is 6.18 Å². The van der Waals surface area contributed by atoms with Crippen LogP contribution in [0.1, 0.15) is 15.9 Å². The van der Waals surface area contributed by atoms with Crippen LogP contribution in [0.15, 0.2) is 42.6 Å². The van der Waals surface area contributed by atoms with Crippen LogP contribution in [0.4, 0.5) is 13.2 Å². The number of carbonyl (C=O) groups is 1. The molecule has 8 heteroatoms. The highest BCUT2D eigenvalue weighted by atomic mass is 35.5. The molecule has 0 saturated carbocycles. The molecule has 1 aromatic carbocycles. The van der Waals surface area contributed by atoms with Crippen molar-refractivity contribution < 1.29 is 22.7 Å². The molecular formula is C15H12ClF3N2O2. The molecule has 0 aliphatic rings. The molecule has 2 aromatic rings. The van der Waals surface area contributed by atoms with E-state index < -0.39 is 11.7 Å². The van der Waals surface area contributed by atoms with Gasteiger partial charge in [0.1, 0.15) is 6.61 Å². The number of nitrogens with zero attached hydrogens (tertiary/aromatic N) is 1. The molecule has 4 nitrogen and oxygen atoms in total. The van der Waals surface area contributed by atoms with Gasteiger partial charge < -0.3 is 10.1 Å². The second-order valence-electron chi connectivity index (χ2n) is 4.47. The van der Waals surface area contributed by atoms with Crippen LogP contribution in [0.2, 0.25) is 5.02 Å². The Morgan fingerprint density at radius 2 is 1.96 bits per heavy atom. The Bertz CT molecular complexity index is 675. The summed E-state index contributed by atoms with van der Waals surface area (Å²) in [5.41, 5.74) is -0.515. The predicted molar refractivity (Wildman–Crippen MR) is 78.5 cm³/mol. The third kappa shape index (κ3) is 4.85. The van der Waals surface area contributed by atoms with Gasteiger partial charge >= 0.3 is 6.18 Å². The molecule has 0 atom stereocenters. The van der Waals surface area contributed by atoms with Gasteiger partial charge in [0, 0.05) is 12.3 Å². The van der Waals surface area contributed by atoms with Crippen molar-refractivity contribution in [2.75, 3.05) is 13.2 Å².